The number of nitrogens with zero attached hydrogens (tertiary/aromatic N) is 5. The zero-order valence-electron chi connectivity index (χ0n) is 15.7. The zero-order chi connectivity index (χ0) is 19.1. The van der Waals surface area contributed by atoms with E-state index in [2.05, 4.69) is 25.8 Å². The molecule has 0 bridgehead atoms. The highest BCUT2D eigenvalue weighted by Crippen LogP contribution is 2.36. The summed E-state index contributed by atoms with van der Waals surface area (Å²) in [5, 5.41) is 15.0. The summed E-state index contributed by atoms with van der Waals surface area (Å²) in [4.78, 5) is 17.5. The van der Waals surface area contributed by atoms with Gasteiger partial charge < -0.3 is 10.6 Å². The number of hydrogen-bond donors (Lipinski definition) is 2. The molecule has 3 aromatic rings. The van der Waals surface area contributed by atoms with Crippen LogP contribution >= 0.6 is 0 Å². The third-order valence-electron chi connectivity index (χ3n) is 4.78. The molecule has 1 aliphatic heterocycles. The van der Waals surface area contributed by atoms with Crippen LogP contribution in [-0.2, 0) is 11.8 Å². The van der Waals surface area contributed by atoms with Gasteiger partial charge in [0.1, 0.15) is 12.4 Å². The summed E-state index contributed by atoms with van der Waals surface area (Å²) >= 11 is 0. The smallest absolute Gasteiger partial charge is 0.255 e. The van der Waals surface area contributed by atoms with Crippen molar-refractivity contribution in [2.24, 2.45) is 7.05 Å². The number of aryl methyl sites for hydroxylation is 3. The Morgan fingerprint density at radius 2 is 2.00 bits per heavy atom. The average Bonchev–Trinajstić information content (AvgIpc) is 3.21. The van der Waals surface area contributed by atoms with Crippen molar-refractivity contribution in [3.8, 4) is 0 Å². The maximum Gasteiger partial charge on any atom is 0.255 e. The number of anilines is 2. The lowest BCUT2D eigenvalue weighted by atomic mass is 9.95. The van der Waals surface area contributed by atoms with E-state index in [4.69, 9.17) is 0 Å². The van der Waals surface area contributed by atoms with E-state index in [-0.39, 0.29) is 5.91 Å². The van der Waals surface area contributed by atoms with Gasteiger partial charge in [-0.2, -0.15) is 15.2 Å². The molecule has 1 aliphatic rings. The lowest BCUT2D eigenvalue weighted by Gasteiger charge is -2.28. The Balaban J connectivity index is 1.80. The van der Waals surface area contributed by atoms with Gasteiger partial charge in [-0.3, -0.25) is 9.48 Å². The molecule has 0 aliphatic carbocycles. The van der Waals surface area contributed by atoms with Crippen molar-refractivity contribution in [3.63, 3.8) is 0 Å². The van der Waals surface area contributed by atoms with Crippen LogP contribution in [-0.4, -0.2) is 30.5 Å². The SMILES string of the molecule is CC1=C(C(=O)Nc2ccccc2C)[C@@H](c2cn(C)nc2C)n2ncnc2N1. The van der Waals surface area contributed by atoms with E-state index in [0.29, 0.717) is 11.5 Å². The topological polar surface area (TPSA) is 89.7 Å². The summed E-state index contributed by atoms with van der Waals surface area (Å²) in [6.07, 6.45) is 3.40. The van der Waals surface area contributed by atoms with Crippen LogP contribution in [0, 0.1) is 13.8 Å². The van der Waals surface area contributed by atoms with E-state index in [1.54, 1.807) is 9.36 Å². The second kappa shape index (κ2) is 6.39. The maximum absolute atomic E-state index is 13.3. The molecular weight excluding hydrogens is 342 g/mol. The van der Waals surface area contributed by atoms with E-state index in [1.165, 1.54) is 6.33 Å². The fourth-order valence-corrected chi connectivity index (χ4v) is 3.46. The monoisotopic (exact) mass is 363 g/mol. The quantitative estimate of drug-likeness (QED) is 0.746. The Labute approximate surface area is 156 Å². The van der Waals surface area contributed by atoms with Gasteiger partial charge in [-0.05, 0) is 32.4 Å². The summed E-state index contributed by atoms with van der Waals surface area (Å²) in [6, 6.07) is 7.31. The number of para-hydroxylation sites is 1. The summed E-state index contributed by atoms with van der Waals surface area (Å²) in [6.45, 7) is 5.78. The number of rotatable bonds is 3. The third kappa shape index (κ3) is 2.88. The molecule has 2 aromatic heterocycles. The number of carbonyl (C=O) groups excluding carboxylic acids is 1. The number of amides is 1. The van der Waals surface area contributed by atoms with E-state index in [0.717, 1.165) is 28.2 Å². The van der Waals surface area contributed by atoms with Crippen LogP contribution in [0.3, 0.4) is 0 Å². The Morgan fingerprint density at radius 3 is 2.70 bits per heavy atom. The lowest BCUT2D eigenvalue weighted by molar-refractivity contribution is -0.113. The third-order valence-corrected chi connectivity index (χ3v) is 4.78. The number of allylic oxidation sites excluding steroid dienone is 1. The Kier molecular flexibility index (Phi) is 4.02. The number of benzene rings is 1. The molecule has 0 saturated carbocycles. The molecule has 0 spiro atoms. The van der Waals surface area contributed by atoms with Gasteiger partial charge in [-0.1, -0.05) is 18.2 Å². The zero-order valence-corrected chi connectivity index (χ0v) is 15.7. The molecule has 1 aromatic carbocycles. The average molecular weight is 363 g/mol. The van der Waals surface area contributed by atoms with Crippen molar-refractivity contribution in [2.75, 3.05) is 10.6 Å². The van der Waals surface area contributed by atoms with Crippen LogP contribution in [0.4, 0.5) is 11.6 Å². The Morgan fingerprint density at radius 1 is 1.22 bits per heavy atom. The second-order valence-corrected chi connectivity index (χ2v) is 6.71. The molecule has 1 amide bonds. The van der Waals surface area contributed by atoms with Gasteiger partial charge >= 0.3 is 0 Å². The highest BCUT2D eigenvalue weighted by molar-refractivity contribution is 6.06. The van der Waals surface area contributed by atoms with Gasteiger partial charge in [0.2, 0.25) is 5.95 Å². The van der Waals surface area contributed by atoms with Crippen molar-refractivity contribution in [1.29, 1.82) is 0 Å². The van der Waals surface area contributed by atoms with Crippen LogP contribution in [0.1, 0.15) is 29.8 Å². The van der Waals surface area contributed by atoms with Gasteiger partial charge in [-0.15, -0.1) is 0 Å². The first kappa shape index (κ1) is 17.0. The normalized spacial score (nSPS) is 16.1. The summed E-state index contributed by atoms with van der Waals surface area (Å²) < 4.78 is 3.47. The van der Waals surface area contributed by atoms with Gasteiger partial charge in [0, 0.05) is 30.2 Å². The minimum Gasteiger partial charge on any atom is -0.328 e. The Bertz CT molecular complexity index is 1060. The molecule has 27 heavy (non-hydrogen) atoms. The highest BCUT2D eigenvalue weighted by Gasteiger charge is 2.35. The van der Waals surface area contributed by atoms with E-state index >= 15 is 0 Å². The van der Waals surface area contributed by atoms with Crippen molar-refractivity contribution < 1.29 is 4.79 Å². The number of carbonyl (C=O) groups is 1. The predicted octanol–water partition coefficient (Wildman–Crippen LogP) is 2.56. The minimum absolute atomic E-state index is 0.177. The largest absolute Gasteiger partial charge is 0.328 e. The summed E-state index contributed by atoms with van der Waals surface area (Å²) in [5.74, 6) is 0.428. The first-order valence-corrected chi connectivity index (χ1v) is 8.70. The van der Waals surface area contributed by atoms with E-state index in [1.807, 2.05) is 58.3 Å². The van der Waals surface area contributed by atoms with Gasteiger partial charge in [0.05, 0.1) is 11.3 Å². The molecule has 2 N–H and O–H groups in total. The van der Waals surface area contributed by atoms with Crippen LogP contribution in [0.2, 0.25) is 0 Å². The second-order valence-electron chi connectivity index (χ2n) is 6.71. The van der Waals surface area contributed by atoms with E-state index in [9.17, 15) is 4.79 Å². The van der Waals surface area contributed by atoms with Gasteiger partial charge in [0.15, 0.2) is 0 Å². The number of fused-ring (bicyclic) bond motifs is 1. The van der Waals surface area contributed by atoms with Crippen molar-refractivity contribution >= 4 is 17.5 Å². The highest BCUT2D eigenvalue weighted by atomic mass is 16.1. The minimum atomic E-state index is -0.401. The molecule has 4 rings (SSSR count). The molecule has 0 radical (unpaired) electrons. The molecule has 0 saturated heterocycles. The predicted molar refractivity (Wildman–Crippen MR) is 102 cm³/mol. The number of aromatic nitrogens is 5. The van der Waals surface area contributed by atoms with Crippen molar-refractivity contribution in [2.45, 2.75) is 26.8 Å². The lowest BCUT2D eigenvalue weighted by Crippen LogP contribution is -2.31. The molecule has 138 valence electrons. The van der Waals surface area contributed by atoms with Crippen molar-refractivity contribution in [3.05, 3.63) is 64.9 Å². The molecule has 0 fully saturated rings. The fraction of sp³-hybridized carbons (Fsp3) is 0.263. The van der Waals surface area contributed by atoms with Crippen LogP contribution in [0.5, 0.6) is 0 Å². The first-order valence-electron chi connectivity index (χ1n) is 8.70. The molecule has 8 nitrogen and oxygen atoms in total. The summed E-state index contributed by atoms with van der Waals surface area (Å²) in [7, 11) is 1.86. The van der Waals surface area contributed by atoms with Crippen molar-refractivity contribution in [1.82, 2.24) is 24.5 Å². The summed E-state index contributed by atoms with van der Waals surface area (Å²) in [5.41, 5.74) is 4.89. The molecule has 8 heteroatoms. The number of nitrogens with one attached hydrogen (secondary N) is 2. The molecular formula is C19H21N7O. The molecule has 0 unspecified atom stereocenters. The fourth-order valence-electron chi connectivity index (χ4n) is 3.46. The standard InChI is InChI=1S/C19H21N7O/c1-11-7-5-6-8-15(11)23-18(27)16-13(3)22-19-20-10-21-26(19)17(16)14-9-25(4)24-12(14)2/h5-10,17H,1-4H3,(H,23,27)(H,20,21,22)/t17-/m1/s1. The number of hydrogen-bond acceptors (Lipinski definition) is 5. The van der Waals surface area contributed by atoms with Crippen LogP contribution < -0.4 is 10.6 Å². The van der Waals surface area contributed by atoms with Gasteiger partial charge in [-0.25, -0.2) is 4.68 Å². The van der Waals surface area contributed by atoms with Crippen LogP contribution in [0.25, 0.3) is 0 Å². The van der Waals surface area contributed by atoms with E-state index < -0.39 is 6.04 Å². The maximum atomic E-state index is 13.3. The van der Waals surface area contributed by atoms with Crippen LogP contribution in [0.15, 0.2) is 48.1 Å². The first-order chi connectivity index (χ1) is 13.0. The Hall–Kier alpha value is -3.42. The molecule has 3 heterocycles. The van der Waals surface area contributed by atoms with Gasteiger partial charge in [0.25, 0.3) is 5.91 Å². The molecule has 1 atom stereocenters.